The van der Waals surface area contributed by atoms with Crippen LogP contribution in [0.5, 0.6) is 0 Å². The fourth-order valence-corrected chi connectivity index (χ4v) is 0.952. The Balaban J connectivity index is 4.31. The molecule has 22 heavy (non-hydrogen) atoms. The number of rotatable bonds is 6. The van der Waals surface area contributed by atoms with Crippen LogP contribution >= 0.6 is 0 Å². The predicted molar refractivity (Wildman–Crippen MR) is 68.3 cm³/mol. The molecule has 0 N–H and O–H groups in total. The number of esters is 2. The van der Waals surface area contributed by atoms with Crippen LogP contribution in [0.25, 0.3) is 11.1 Å². The number of ketones is 2. The number of nitrogens with zero attached hydrogens (tertiary/aromatic N) is 4. The molecule has 0 aliphatic rings. The molecule has 0 bridgehead atoms. The summed E-state index contributed by atoms with van der Waals surface area (Å²) in [5, 5.41) is 0. The summed E-state index contributed by atoms with van der Waals surface area (Å²) in [4.78, 5) is 49.0. The zero-order valence-electron chi connectivity index (χ0n) is 11.7. The van der Waals surface area contributed by atoms with Crippen molar-refractivity contribution >= 4 is 34.9 Å². The van der Waals surface area contributed by atoms with Crippen molar-refractivity contribution in [1.29, 1.82) is 0 Å². The molecule has 0 aromatic rings. The van der Waals surface area contributed by atoms with Crippen molar-refractivity contribution < 1.29 is 38.2 Å². The molecule has 10 heteroatoms. The molecular weight excluding hydrogens is 296 g/mol. The first kappa shape index (κ1) is 18.6. The fraction of sp³-hybridized carbons (Fsp3) is 0.333. The van der Waals surface area contributed by atoms with E-state index in [1.54, 1.807) is 0 Å². The molecule has 0 aromatic heterocycles. The van der Waals surface area contributed by atoms with Crippen molar-refractivity contribution in [1.82, 2.24) is 0 Å². The molecule has 0 spiro atoms. The lowest BCUT2D eigenvalue weighted by atomic mass is 10.3. The minimum Gasteiger partial charge on any atom is -0.444 e. The number of carbonyl (C=O) groups is 4. The van der Waals surface area contributed by atoms with Gasteiger partial charge in [0, 0.05) is 13.8 Å². The van der Waals surface area contributed by atoms with Crippen LogP contribution in [0.3, 0.4) is 0 Å². The van der Waals surface area contributed by atoms with Gasteiger partial charge in [0.15, 0.2) is 13.2 Å². The summed E-state index contributed by atoms with van der Waals surface area (Å²) in [5.74, 6) is 0.655. The van der Waals surface area contributed by atoms with Crippen LogP contribution in [0, 0.1) is 11.8 Å². The molecule has 0 saturated heterocycles. The van der Waals surface area contributed by atoms with Gasteiger partial charge in [-0.3, -0.25) is 9.59 Å². The second kappa shape index (κ2) is 9.50. The number of carbonyl (C=O) groups excluding carboxylic acids is 4. The second-order valence-corrected chi connectivity index (χ2v) is 3.52. The number of Topliss-reactive ketones (excluding diaryl/α,β-unsaturated/α-hetero) is 2. The van der Waals surface area contributed by atoms with Crippen molar-refractivity contribution in [2.45, 2.75) is 13.8 Å². The van der Waals surface area contributed by atoms with Crippen molar-refractivity contribution in [2.75, 3.05) is 13.2 Å². The van der Waals surface area contributed by atoms with Crippen molar-refractivity contribution in [3.63, 3.8) is 0 Å². The minimum absolute atomic E-state index is 0.448. The van der Waals surface area contributed by atoms with Gasteiger partial charge in [-0.2, -0.15) is 9.58 Å². The number of ether oxygens (including phenoxy) is 2. The highest BCUT2D eigenvalue weighted by molar-refractivity contribution is 6.62. The Kier molecular flexibility index (Phi) is 8.03. The van der Waals surface area contributed by atoms with Gasteiger partial charge in [0.25, 0.3) is 0 Å². The molecule has 114 valence electrons. The van der Waals surface area contributed by atoms with E-state index in [2.05, 4.69) is 30.9 Å². The summed E-state index contributed by atoms with van der Waals surface area (Å²) in [7, 11) is 0. The monoisotopic (exact) mass is 306 g/mol. The maximum atomic E-state index is 11.2. The van der Waals surface area contributed by atoms with Crippen LogP contribution in [-0.2, 0) is 28.7 Å². The van der Waals surface area contributed by atoms with Crippen LogP contribution in [-0.4, -0.2) is 57.7 Å². The minimum atomic E-state index is -1.16. The lowest BCUT2D eigenvalue weighted by Crippen LogP contribution is -2.25. The quantitative estimate of drug-likeness (QED) is 0.146. The fourth-order valence-electron chi connectivity index (χ4n) is 0.952. The predicted octanol–water partition coefficient (Wildman–Crippen LogP) is -1.40. The Bertz CT molecular complexity index is 615. The van der Waals surface area contributed by atoms with Gasteiger partial charge in [0.05, 0.1) is 0 Å². The van der Waals surface area contributed by atoms with Gasteiger partial charge in [-0.05, 0) is 0 Å². The van der Waals surface area contributed by atoms with Gasteiger partial charge in [0.1, 0.15) is 0 Å². The van der Waals surface area contributed by atoms with Crippen molar-refractivity contribution in [2.24, 2.45) is 0 Å². The summed E-state index contributed by atoms with van der Waals surface area (Å²) >= 11 is 0. The Labute approximate surface area is 124 Å². The molecule has 0 atom stereocenters. The number of hydrogen-bond acceptors (Lipinski definition) is 6. The van der Waals surface area contributed by atoms with E-state index in [-0.39, 0.29) is 0 Å². The topological polar surface area (TPSA) is 160 Å². The molecule has 0 aliphatic heterocycles. The lowest BCUT2D eigenvalue weighted by Gasteiger charge is -1.95. The zero-order chi connectivity index (χ0) is 17.1. The molecule has 0 amide bonds. The average Bonchev–Trinajstić information content (AvgIpc) is 2.43. The molecule has 0 fully saturated rings. The summed E-state index contributed by atoms with van der Waals surface area (Å²) in [6.07, 6.45) is 0. The van der Waals surface area contributed by atoms with E-state index in [9.17, 15) is 19.2 Å². The third kappa shape index (κ3) is 6.16. The Morgan fingerprint density at radius 3 is 1.36 bits per heavy atom. The highest BCUT2D eigenvalue weighted by Crippen LogP contribution is 1.85. The third-order valence-electron chi connectivity index (χ3n) is 1.93. The molecule has 0 unspecified atom stereocenters. The van der Waals surface area contributed by atoms with E-state index in [4.69, 9.17) is 11.1 Å². The molecule has 10 nitrogen and oxygen atoms in total. The maximum Gasteiger partial charge on any atom is 0.441 e. The van der Waals surface area contributed by atoms with E-state index in [0.29, 0.717) is 0 Å². The molecule has 0 aromatic carbocycles. The van der Waals surface area contributed by atoms with Gasteiger partial charge < -0.3 is 20.5 Å². The second-order valence-electron chi connectivity index (χ2n) is 3.52. The molecule has 0 heterocycles. The highest BCUT2D eigenvalue weighted by Gasteiger charge is 2.27. The first-order valence-electron chi connectivity index (χ1n) is 5.61. The van der Waals surface area contributed by atoms with Crippen LogP contribution in [0.1, 0.15) is 13.8 Å². The van der Waals surface area contributed by atoms with Gasteiger partial charge in [-0.15, -0.1) is 0 Å². The van der Waals surface area contributed by atoms with Crippen LogP contribution in [0.4, 0.5) is 0 Å². The molecule has 0 rings (SSSR count). The summed E-state index contributed by atoms with van der Waals surface area (Å²) in [6.45, 7) is 1.13. The summed E-state index contributed by atoms with van der Waals surface area (Å²) in [5.41, 5.74) is 15.2. The summed E-state index contributed by atoms with van der Waals surface area (Å²) in [6, 6.07) is 0. The number of hydrogen-bond donors (Lipinski definition) is 0. The van der Waals surface area contributed by atoms with Crippen LogP contribution in [0.2, 0.25) is 0 Å². The SMILES string of the molecule is CC(=O)C(=[N+]=[N-])C(=O)OCC#CCOC(=O)C(=[N+]=[N-])C(C)=O. The maximum absolute atomic E-state index is 11.2. The Morgan fingerprint density at radius 2 is 1.14 bits per heavy atom. The average molecular weight is 306 g/mol. The first-order chi connectivity index (χ1) is 10.3. The van der Waals surface area contributed by atoms with Crippen LogP contribution in [0.15, 0.2) is 0 Å². The smallest absolute Gasteiger partial charge is 0.441 e. The third-order valence-corrected chi connectivity index (χ3v) is 1.93. The van der Waals surface area contributed by atoms with Gasteiger partial charge >= 0.3 is 23.4 Å². The van der Waals surface area contributed by atoms with E-state index in [0.717, 1.165) is 13.8 Å². The Morgan fingerprint density at radius 1 is 0.818 bits per heavy atom. The standard InChI is InChI=1S/C12H10N4O6/c1-7(17)9(15-13)11(19)21-5-3-4-6-22-12(20)10(16-14)8(2)18/h5-6H2,1-2H3. The summed E-state index contributed by atoms with van der Waals surface area (Å²) < 4.78 is 8.98. The van der Waals surface area contributed by atoms with Gasteiger partial charge in [0.2, 0.25) is 11.6 Å². The first-order valence-corrected chi connectivity index (χ1v) is 5.61. The van der Waals surface area contributed by atoms with Crippen molar-refractivity contribution in [3.05, 3.63) is 11.1 Å². The molecule has 0 aliphatic carbocycles. The van der Waals surface area contributed by atoms with Gasteiger partial charge in [-0.1, -0.05) is 11.8 Å². The normalized spacial score (nSPS) is 8.27. The Hall–Kier alpha value is -3.40. The van der Waals surface area contributed by atoms with E-state index in [1.165, 1.54) is 0 Å². The van der Waals surface area contributed by atoms with Gasteiger partial charge in [-0.25, -0.2) is 9.59 Å². The highest BCUT2D eigenvalue weighted by atomic mass is 16.5. The van der Waals surface area contributed by atoms with E-state index >= 15 is 0 Å². The van der Waals surface area contributed by atoms with E-state index in [1.807, 2.05) is 0 Å². The molecule has 0 radical (unpaired) electrons. The largest absolute Gasteiger partial charge is 0.444 e. The van der Waals surface area contributed by atoms with E-state index < -0.39 is 48.1 Å². The molecular formula is C12H10N4O6. The van der Waals surface area contributed by atoms with Crippen molar-refractivity contribution in [3.8, 4) is 11.8 Å². The molecule has 0 saturated carbocycles. The van der Waals surface area contributed by atoms with Crippen LogP contribution < -0.4 is 0 Å². The lowest BCUT2D eigenvalue weighted by molar-refractivity contribution is -0.142. The zero-order valence-corrected chi connectivity index (χ0v) is 11.7.